The van der Waals surface area contributed by atoms with Crippen LogP contribution >= 0.6 is 24.0 Å². The second kappa shape index (κ2) is 11.3. The van der Waals surface area contributed by atoms with E-state index in [2.05, 4.69) is 11.8 Å². The molecule has 2 saturated heterocycles. The molecular formula is C21H34N2O5S3. The van der Waals surface area contributed by atoms with Crippen molar-refractivity contribution in [2.75, 3.05) is 37.0 Å². The summed E-state index contributed by atoms with van der Waals surface area (Å²) in [6.45, 7) is 3.74. The molecule has 0 aromatic heterocycles. The van der Waals surface area contributed by atoms with Crippen LogP contribution in [0.2, 0.25) is 0 Å². The van der Waals surface area contributed by atoms with Crippen LogP contribution in [0.3, 0.4) is 0 Å². The van der Waals surface area contributed by atoms with Crippen LogP contribution in [0.15, 0.2) is 0 Å². The fraction of sp³-hybridized carbons (Fsp3) is 0.857. The molecule has 10 heteroatoms. The number of amides is 1. The molecule has 3 aliphatic rings. The standard InChI is InChI=1S/C21H34N2O5S3/c1-16-7-10-22(11-8-16)21(29)30-14-20(25)28-13-19(24)23(17-5-3-2-4-6-17)18-9-12-31(26,27)15-18/h16-18H,2-15H2,1H3. The van der Waals surface area contributed by atoms with E-state index in [0.29, 0.717) is 16.7 Å². The summed E-state index contributed by atoms with van der Waals surface area (Å²) in [4.78, 5) is 29.1. The summed E-state index contributed by atoms with van der Waals surface area (Å²) >= 11 is 6.72. The van der Waals surface area contributed by atoms with E-state index in [0.717, 1.165) is 58.0 Å². The zero-order valence-electron chi connectivity index (χ0n) is 18.3. The topological polar surface area (TPSA) is 84.0 Å². The SMILES string of the molecule is CC1CCN(C(=S)SCC(=O)OCC(=O)N(C2CCCCC2)C2CCS(=O)(=O)C2)CC1. The van der Waals surface area contributed by atoms with Crippen molar-refractivity contribution in [1.82, 2.24) is 9.80 Å². The first-order valence-corrected chi connectivity index (χ1v) is 14.6. The first kappa shape index (κ1) is 24.8. The van der Waals surface area contributed by atoms with E-state index in [1.807, 2.05) is 0 Å². The summed E-state index contributed by atoms with van der Waals surface area (Å²) in [7, 11) is -3.10. The second-order valence-electron chi connectivity index (χ2n) is 9.03. The lowest BCUT2D eigenvalue weighted by atomic mass is 9.93. The number of hydrogen-bond acceptors (Lipinski definition) is 7. The maximum atomic E-state index is 13.0. The van der Waals surface area contributed by atoms with Crippen LogP contribution in [0.4, 0.5) is 0 Å². The van der Waals surface area contributed by atoms with E-state index < -0.39 is 15.8 Å². The molecule has 2 heterocycles. The van der Waals surface area contributed by atoms with Gasteiger partial charge < -0.3 is 14.5 Å². The van der Waals surface area contributed by atoms with Gasteiger partial charge in [-0.3, -0.25) is 9.59 Å². The predicted molar refractivity (Wildman–Crippen MR) is 127 cm³/mol. The van der Waals surface area contributed by atoms with Crippen molar-refractivity contribution in [3.05, 3.63) is 0 Å². The van der Waals surface area contributed by atoms with Gasteiger partial charge in [-0.25, -0.2) is 8.42 Å². The van der Waals surface area contributed by atoms with Crippen LogP contribution in [0.25, 0.3) is 0 Å². The zero-order valence-corrected chi connectivity index (χ0v) is 20.7. The number of likely N-dealkylation sites (tertiary alicyclic amines) is 1. The van der Waals surface area contributed by atoms with E-state index in [1.165, 1.54) is 11.8 Å². The van der Waals surface area contributed by atoms with E-state index in [-0.39, 0.29) is 41.9 Å². The van der Waals surface area contributed by atoms with E-state index in [4.69, 9.17) is 17.0 Å². The maximum absolute atomic E-state index is 13.0. The Morgan fingerprint density at radius 1 is 1.06 bits per heavy atom. The average molecular weight is 491 g/mol. The monoisotopic (exact) mass is 490 g/mol. The highest BCUT2D eigenvalue weighted by atomic mass is 32.2. The minimum absolute atomic E-state index is 0.0156. The number of piperidine rings is 1. The molecule has 1 amide bonds. The van der Waals surface area contributed by atoms with Crippen molar-refractivity contribution >= 4 is 50.0 Å². The van der Waals surface area contributed by atoms with Gasteiger partial charge in [-0.15, -0.1) is 0 Å². The van der Waals surface area contributed by atoms with Gasteiger partial charge in [-0.1, -0.05) is 50.2 Å². The molecule has 176 valence electrons. The van der Waals surface area contributed by atoms with Crippen LogP contribution in [-0.4, -0.2) is 83.5 Å². The molecule has 31 heavy (non-hydrogen) atoms. The molecule has 2 aliphatic heterocycles. The van der Waals surface area contributed by atoms with Crippen LogP contribution in [-0.2, 0) is 24.2 Å². The molecule has 0 aromatic rings. The van der Waals surface area contributed by atoms with E-state index in [9.17, 15) is 18.0 Å². The van der Waals surface area contributed by atoms with Crippen LogP contribution < -0.4 is 0 Å². The molecule has 0 radical (unpaired) electrons. The lowest BCUT2D eigenvalue weighted by Gasteiger charge is -2.38. The Hall–Kier alpha value is -0.870. The van der Waals surface area contributed by atoms with Crippen LogP contribution in [0.1, 0.15) is 58.3 Å². The number of hydrogen-bond donors (Lipinski definition) is 0. The molecule has 3 fully saturated rings. The molecule has 0 N–H and O–H groups in total. The molecule has 3 rings (SSSR count). The van der Waals surface area contributed by atoms with Crippen molar-refractivity contribution < 1.29 is 22.7 Å². The van der Waals surface area contributed by atoms with Gasteiger partial charge in [0.25, 0.3) is 5.91 Å². The third-order valence-corrected chi connectivity index (χ3v) is 9.82. The first-order valence-electron chi connectivity index (χ1n) is 11.3. The van der Waals surface area contributed by atoms with Gasteiger partial charge in [0.2, 0.25) is 0 Å². The number of thiocarbonyl (C=S) groups is 1. The summed E-state index contributed by atoms with van der Waals surface area (Å²) in [6, 6.07) is -0.260. The predicted octanol–water partition coefficient (Wildman–Crippen LogP) is 2.63. The van der Waals surface area contributed by atoms with Crippen molar-refractivity contribution in [2.24, 2.45) is 5.92 Å². The Morgan fingerprint density at radius 2 is 1.74 bits per heavy atom. The zero-order chi connectivity index (χ0) is 22.4. The van der Waals surface area contributed by atoms with E-state index >= 15 is 0 Å². The maximum Gasteiger partial charge on any atom is 0.316 e. The van der Waals surface area contributed by atoms with E-state index in [1.54, 1.807) is 4.90 Å². The summed E-state index contributed by atoms with van der Waals surface area (Å²) in [6.07, 6.45) is 7.67. The number of carbonyl (C=O) groups is 2. The van der Waals surface area contributed by atoms with Gasteiger partial charge in [-0.05, 0) is 38.0 Å². The Labute approximate surface area is 195 Å². The molecule has 0 bridgehead atoms. The largest absolute Gasteiger partial charge is 0.455 e. The average Bonchev–Trinajstić information content (AvgIpc) is 3.11. The number of rotatable bonds is 6. The van der Waals surface area contributed by atoms with Gasteiger partial charge in [0.15, 0.2) is 16.4 Å². The minimum Gasteiger partial charge on any atom is -0.455 e. The minimum atomic E-state index is -3.10. The van der Waals surface area contributed by atoms with Crippen molar-refractivity contribution in [1.29, 1.82) is 0 Å². The van der Waals surface area contributed by atoms with Crippen LogP contribution in [0, 0.1) is 5.92 Å². The highest BCUT2D eigenvalue weighted by Crippen LogP contribution is 2.28. The molecule has 0 aromatic carbocycles. The van der Waals surface area contributed by atoms with Gasteiger partial charge in [0.1, 0.15) is 4.32 Å². The molecule has 0 spiro atoms. The van der Waals surface area contributed by atoms with Crippen LogP contribution in [0.5, 0.6) is 0 Å². The summed E-state index contributed by atoms with van der Waals surface area (Å²) < 4.78 is 29.9. The summed E-state index contributed by atoms with van der Waals surface area (Å²) in [5, 5.41) is 0. The van der Waals surface area contributed by atoms with Crippen molar-refractivity contribution in [2.45, 2.75) is 70.4 Å². The first-order chi connectivity index (χ1) is 14.7. The van der Waals surface area contributed by atoms with Gasteiger partial charge in [0, 0.05) is 25.2 Å². The van der Waals surface area contributed by atoms with Gasteiger partial charge >= 0.3 is 5.97 Å². The van der Waals surface area contributed by atoms with Crippen molar-refractivity contribution in [3.63, 3.8) is 0 Å². The third-order valence-electron chi connectivity index (χ3n) is 6.57. The number of thioether (sulfide) groups is 1. The molecular weight excluding hydrogens is 456 g/mol. The number of ether oxygens (including phenoxy) is 1. The molecule has 1 saturated carbocycles. The Balaban J connectivity index is 1.48. The number of sulfone groups is 1. The quantitative estimate of drug-likeness (QED) is 0.415. The molecule has 1 aliphatic carbocycles. The fourth-order valence-corrected chi connectivity index (χ4v) is 7.48. The Bertz CT molecular complexity index is 759. The highest BCUT2D eigenvalue weighted by Gasteiger charge is 2.38. The van der Waals surface area contributed by atoms with Crippen molar-refractivity contribution in [3.8, 4) is 0 Å². The molecule has 1 atom stereocenters. The Morgan fingerprint density at radius 3 is 2.35 bits per heavy atom. The summed E-state index contributed by atoms with van der Waals surface area (Å²) in [5.74, 6) is 0.189. The van der Waals surface area contributed by atoms with Gasteiger partial charge in [0.05, 0.1) is 17.3 Å². The lowest BCUT2D eigenvalue weighted by Crippen LogP contribution is -2.50. The fourth-order valence-electron chi connectivity index (χ4n) is 4.72. The Kier molecular flexibility index (Phi) is 9.04. The number of carbonyl (C=O) groups excluding carboxylic acids is 2. The molecule has 1 unspecified atom stereocenters. The number of nitrogens with zero attached hydrogens (tertiary/aromatic N) is 2. The lowest BCUT2D eigenvalue weighted by molar-refractivity contribution is -0.152. The summed E-state index contributed by atoms with van der Waals surface area (Å²) in [5.41, 5.74) is 0. The smallest absolute Gasteiger partial charge is 0.316 e. The second-order valence-corrected chi connectivity index (χ2v) is 12.9. The molecule has 7 nitrogen and oxygen atoms in total. The number of esters is 1. The third kappa shape index (κ3) is 7.32. The van der Waals surface area contributed by atoms with Gasteiger partial charge in [-0.2, -0.15) is 0 Å². The normalized spacial score (nSPS) is 24.7. The highest BCUT2D eigenvalue weighted by molar-refractivity contribution is 8.23.